The van der Waals surface area contributed by atoms with Gasteiger partial charge in [0, 0.05) is 23.3 Å². The summed E-state index contributed by atoms with van der Waals surface area (Å²) >= 11 is 7.25. The number of para-hydroxylation sites is 1. The number of rotatable bonds is 4. The summed E-state index contributed by atoms with van der Waals surface area (Å²) in [6, 6.07) is 18.1. The van der Waals surface area contributed by atoms with E-state index in [-0.39, 0.29) is 16.1 Å². The molecule has 0 saturated carbocycles. The van der Waals surface area contributed by atoms with Crippen LogP contribution in [0.1, 0.15) is 15.9 Å². The molecule has 0 fully saturated rings. The van der Waals surface area contributed by atoms with Gasteiger partial charge in [-0.3, -0.25) is 9.52 Å². The maximum atomic E-state index is 12.8. The SMILES string of the molecule is Cc1cccc2sc(=NC(=O)c3cccc(NS(=O)(=O)c4ccc(Cl)cc4)c3)n(C)c12. The Hall–Kier alpha value is -2.94. The molecule has 0 spiro atoms. The van der Waals surface area contributed by atoms with E-state index in [1.165, 1.54) is 41.7 Å². The summed E-state index contributed by atoms with van der Waals surface area (Å²) in [5.41, 5.74) is 2.69. The summed E-state index contributed by atoms with van der Waals surface area (Å²) < 4.78 is 30.6. The number of nitrogens with zero attached hydrogens (tertiary/aromatic N) is 2. The molecule has 1 heterocycles. The lowest BCUT2D eigenvalue weighted by atomic mass is 10.2. The molecule has 6 nitrogen and oxygen atoms in total. The van der Waals surface area contributed by atoms with Crippen LogP contribution in [0, 0.1) is 6.92 Å². The first-order chi connectivity index (χ1) is 14.7. The van der Waals surface area contributed by atoms with Crippen molar-refractivity contribution < 1.29 is 13.2 Å². The number of benzene rings is 3. The maximum Gasteiger partial charge on any atom is 0.279 e. The first kappa shape index (κ1) is 21.3. The number of hydrogen-bond acceptors (Lipinski definition) is 4. The molecule has 1 amide bonds. The van der Waals surface area contributed by atoms with Crippen LogP contribution in [0.25, 0.3) is 10.2 Å². The third-order valence-electron chi connectivity index (χ3n) is 4.71. The number of sulfonamides is 1. The van der Waals surface area contributed by atoms with Gasteiger partial charge in [-0.2, -0.15) is 4.99 Å². The highest BCUT2D eigenvalue weighted by molar-refractivity contribution is 7.92. The molecule has 31 heavy (non-hydrogen) atoms. The van der Waals surface area contributed by atoms with Gasteiger partial charge < -0.3 is 4.57 Å². The fourth-order valence-corrected chi connectivity index (χ4v) is 5.47. The van der Waals surface area contributed by atoms with E-state index in [1.807, 2.05) is 36.7 Å². The summed E-state index contributed by atoms with van der Waals surface area (Å²) in [6.07, 6.45) is 0. The summed E-state index contributed by atoms with van der Waals surface area (Å²) in [6.45, 7) is 2.01. The molecule has 0 aliphatic rings. The van der Waals surface area contributed by atoms with E-state index in [2.05, 4.69) is 9.71 Å². The number of aromatic nitrogens is 1. The van der Waals surface area contributed by atoms with Crippen LogP contribution in [-0.4, -0.2) is 18.9 Å². The Morgan fingerprint density at radius 3 is 2.48 bits per heavy atom. The Bertz CT molecular complexity index is 1470. The molecular formula is C22H18ClN3O3S2. The van der Waals surface area contributed by atoms with Crippen molar-refractivity contribution in [1.82, 2.24) is 4.57 Å². The van der Waals surface area contributed by atoms with Gasteiger partial charge in [0.25, 0.3) is 15.9 Å². The van der Waals surface area contributed by atoms with Gasteiger partial charge in [0.15, 0.2) is 4.80 Å². The van der Waals surface area contributed by atoms with Crippen LogP contribution in [0.2, 0.25) is 5.02 Å². The van der Waals surface area contributed by atoms with E-state index in [1.54, 1.807) is 18.2 Å². The van der Waals surface area contributed by atoms with E-state index < -0.39 is 15.9 Å². The minimum atomic E-state index is -3.81. The van der Waals surface area contributed by atoms with Crippen LogP contribution >= 0.6 is 22.9 Å². The van der Waals surface area contributed by atoms with Crippen molar-refractivity contribution >= 4 is 54.8 Å². The summed E-state index contributed by atoms with van der Waals surface area (Å²) in [4.78, 5) is 17.7. The Labute approximate surface area is 188 Å². The highest BCUT2D eigenvalue weighted by atomic mass is 35.5. The minimum absolute atomic E-state index is 0.0750. The van der Waals surface area contributed by atoms with Crippen LogP contribution in [0.4, 0.5) is 5.69 Å². The van der Waals surface area contributed by atoms with Crippen molar-refractivity contribution in [3.05, 3.63) is 87.7 Å². The smallest absolute Gasteiger partial charge is 0.279 e. The van der Waals surface area contributed by atoms with Gasteiger partial charge in [0.05, 0.1) is 15.1 Å². The van der Waals surface area contributed by atoms with Crippen LogP contribution in [-0.2, 0) is 17.1 Å². The Kier molecular flexibility index (Phi) is 5.70. The maximum absolute atomic E-state index is 12.8. The van der Waals surface area contributed by atoms with Crippen molar-refractivity contribution in [3.63, 3.8) is 0 Å². The lowest BCUT2D eigenvalue weighted by Gasteiger charge is -2.09. The van der Waals surface area contributed by atoms with Gasteiger partial charge in [-0.15, -0.1) is 0 Å². The van der Waals surface area contributed by atoms with E-state index in [9.17, 15) is 13.2 Å². The average Bonchev–Trinajstić information content (AvgIpc) is 3.04. The van der Waals surface area contributed by atoms with Gasteiger partial charge >= 0.3 is 0 Å². The van der Waals surface area contributed by atoms with E-state index in [0.29, 0.717) is 9.82 Å². The number of fused-ring (bicyclic) bond motifs is 1. The fraction of sp³-hybridized carbons (Fsp3) is 0.0909. The van der Waals surface area contributed by atoms with Gasteiger partial charge in [-0.25, -0.2) is 8.42 Å². The lowest BCUT2D eigenvalue weighted by molar-refractivity contribution is 0.0998. The Morgan fingerprint density at radius 1 is 1.06 bits per heavy atom. The van der Waals surface area contributed by atoms with E-state index in [0.717, 1.165) is 15.8 Å². The first-order valence-corrected chi connectivity index (χ1v) is 11.9. The van der Waals surface area contributed by atoms with Crippen molar-refractivity contribution in [2.75, 3.05) is 4.72 Å². The van der Waals surface area contributed by atoms with Crippen molar-refractivity contribution in [2.24, 2.45) is 12.0 Å². The van der Waals surface area contributed by atoms with Crippen LogP contribution in [0.15, 0.2) is 76.6 Å². The van der Waals surface area contributed by atoms with Gasteiger partial charge in [0.2, 0.25) is 0 Å². The minimum Gasteiger partial charge on any atom is -0.319 e. The van der Waals surface area contributed by atoms with Crippen LogP contribution in [0.5, 0.6) is 0 Å². The molecule has 4 rings (SSSR count). The van der Waals surface area contributed by atoms with Crippen molar-refractivity contribution in [2.45, 2.75) is 11.8 Å². The molecule has 158 valence electrons. The van der Waals surface area contributed by atoms with E-state index in [4.69, 9.17) is 11.6 Å². The second-order valence-electron chi connectivity index (χ2n) is 6.92. The zero-order chi connectivity index (χ0) is 22.2. The number of amides is 1. The third-order valence-corrected chi connectivity index (χ3v) is 7.45. The van der Waals surface area contributed by atoms with Crippen LogP contribution in [0.3, 0.4) is 0 Å². The van der Waals surface area contributed by atoms with Gasteiger partial charge in [-0.05, 0) is 61.0 Å². The predicted octanol–water partition coefficient (Wildman–Crippen LogP) is 4.74. The molecule has 9 heteroatoms. The molecular weight excluding hydrogens is 454 g/mol. The highest BCUT2D eigenvalue weighted by Crippen LogP contribution is 2.21. The summed E-state index contributed by atoms with van der Waals surface area (Å²) in [5, 5.41) is 0.442. The fourth-order valence-electron chi connectivity index (χ4n) is 3.20. The highest BCUT2D eigenvalue weighted by Gasteiger charge is 2.15. The number of hydrogen-bond donors (Lipinski definition) is 1. The first-order valence-electron chi connectivity index (χ1n) is 9.27. The molecule has 1 N–H and O–H groups in total. The zero-order valence-corrected chi connectivity index (χ0v) is 19.1. The van der Waals surface area contributed by atoms with Gasteiger partial charge in [-0.1, -0.05) is 41.1 Å². The van der Waals surface area contributed by atoms with Crippen molar-refractivity contribution in [3.8, 4) is 0 Å². The molecule has 0 bridgehead atoms. The number of aryl methyl sites for hydroxylation is 2. The molecule has 0 aliphatic carbocycles. The molecule has 0 saturated heterocycles. The second kappa shape index (κ2) is 8.30. The van der Waals surface area contributed by atoms with Crippen LogP contribution < -0.4 is 9.52 Å². The summed E-state index contributed by atoms with van der Waals surface area (Å²) in [5.74, 6) is -0.452. The predicted molar refractivity (Wildman–Crippen MR) is 124 cm³/mol. The number of anilines is 1. The molecule has 0 aliphatic heterocycles. The average molecular weight is 472 g/mol. The quantitative estimate of drug-likeness (QED) is 0.466. The topological polar surface area (TPSA) is 80.5 Å². The lowest BCUT2D eigenvalue weighted by Crippen LogP contribution is -2.15. The number of halogens is 1. The number of nitrogens with one attached hydrogen (secondary N) is 1. The molecule has 4 aromatic rings. The second-order valence-corrected chi connectivity index (χ2v) is 10.1. The van der Waals surface area contributed by atoms with Crippen molar-refractivity contribution in [1.29, 1.82) is 0 Å². The zero-order valence-electron chi connectivity index (χ0n) is 16.7. The largest absolute Gasteiger partial charge is 0.319 e. The normalized spacial score (nSPS) is 12.3. The molecule has 0 unspecified atom stereocenters. The van der Waals surface area contributed by atoms with E-state index >= 15 is 0 Å². The number of carbonyl (C=O) groups excluding carboxylic acids is 1. The monoisotopic (exact) mass is 471 g/mol. The molecule has 1 aromatic heterocycles. The molecule has 0 radical (unpaired) electrons. The molecule has 0 atom stereocenters. The standard InChI is InChI=1S/C22H18ClN3O3S2/c1-14-5-3-8-19-20(14)26(2)22(30-19)24-21(27)15-6-4-7-17(13-15)25-31(28,29)18-11-9-16(23)10-12-18/h3-13,25H,1-2H3. The summed E-state index contributed by atoms with van der Waals surface area (Å²) in [7, 11) is -1.94. The number of carbonyl (C=O) groups is 1. The van der Waals surface area contributed by atoms with Gasteiger partial charge in [0.1, 0.15) is 0 Å². The molecule has 3 aromatic carbocycles. The Morgan fingerprint density at radius 2 is 1.77 bits per heavy atom. The third kappa shape index (κ3) is 4.41. The Balaban J connectivity index is 1.65. The number of thiazole rings is 1.